The second-order valence-corrected chi connectivity index (χ2v) is 8.54. The Morgan fingerprint density at radius 2 is 1.79 bits per heavy atom. The van der Waals surface area contributed by atoms with E-state index in [1.165, 1.54) is 17.5 Å². The molecule has 4 aromatic rings. The topological polar surface area (TPSA) is 71.5 Å². The third-order valence-electron chi connectivity index (χ3n) is 5.35. The van der Waals surface area contributed by atoms with Gasteiger partial charge in [-0.25, -0.2) is 9.97 Å². The molecular weight excluding hydrogens is 481 g/mol. The number of fused-ring (bicyclic) bond motifs is 2. The lowest BCUT2D eigenvalue weighted by molar-refractivity contribution is 0.0979. The Kier molecular flexibility index (Phi) is 8.42. The molecule has 2 aromatic heterocycles. The van der Waals surface area contributed by atoms with E-state index in [4.69, 9.17) is 21.3 Å². The van der Waals surface area contributed by atoms with Gasteiger partial charge in [0.05, 0.1) is 34.1 Å². The highest BCUT2D eigenvalue weighted by Gasteiger charge is 2.25. The number of methoxy groups -OCH3 is 1. The predicted octanol–water partition coefficient (Wildman–Crippen LogP) is 5.31. The van der Waals surface area contributed by atoms with E-state index in [0.29, 0.717) is 40.0 Å². The van der Waals surface area contributed by atoms with Crippen molar-refractivity contribution in [1.29, 1.82) is 0 Å². The predicted molar refractivity (Wildman–Crippen MR) is 137 cm³/mol. The number of hydrogen-bond donors (Lipinski definition) is 0. The van der Waals surface area contributed by atoms with Crippen molar-refractivity contribution >= 4 is 67.6 Å². The summed E-state index contributed by atoms with van der Waals surface area (Å²) in [4.78, 5) is 31.2. The maximum Gasteiger partial charge on any atom is 0.280 e. The van der Waals surface area contributed by atoms with Crippen molar-refractivity contribution in [2.75, 3.05) is 38.2 Å². The van der Waals surface area contributed by atoms with Crippen LogP contribution in [0.25, 0.3) is 21.3 Å². The third kappa shape index (κ3) is 5.19. The Labute approximate surface area is 207 Å². The second kappa shape index (κ2) is 11.1. The summed E-state index contributed by atoms with van der Waals surface area (Å²) >= 11 is 7.79. The number of rotatable bonds is 8. The van der Waals surface area contributed by atoms with Crippen LogP contribution in [0.1, 0.15) is 24.3 Å². The smallest absolute Gasteiger partial charge is 0.280 e. The first kappa shape index (κ1) is 25.1. The Hall–Kier alpha value is -2.52. The first-order valence-corrected chi connectivity index (χ1v) is 11.6. The highest BCUT2D eigenvalue weighted by Crippen LogP contribution is 2.39. The lowest BCUT2D eigenvalue weighted by atomic mass is 10.3. The average molecular weight is 506 g/mol. The van der Waals surface area contributed by atoms with Crippen molar-refractivity contribution in [3.05, 3.63) is 53.3 Å². The summed E-state index contributed by atoms with van der Waals surface area (Å²) in [5.74, 6) is 0.373. The van der Waals surface area contributed by atoms with Crippen LogP contribution in [0.15, 0.2) is 42.6 Å². The first-order chi connectivity index (χ1) is 15.5. The largest absolute Gasteiger partial charge is 0.494 e. The highest BCUT2D eigenvalue weighted by atomic mass is 35.5. The fourth-order valence-corrected chi connectivity index (χ4v) is 4.77. The molecule has 4 rings (SSSR count). The number of ether oxygens (including phenoxy) is 1. The monoisotopic (exact) mass is 505 g/mol. The Bertz CT molecular complexity index is 1260. The van der Waals surface area contributed by atoms with Gasteiger partial charge in [-0.1, -0.05) is 48.9 Å². The molecule has 2 heterocycles. The van der Waals surface area contributed by atoms with Gasteiger partial charge in [0.2, 0.25) is 0 Å². The van der Waals surface area contributed by atoms with E-state index in [9.17, 15) is 4.79 Å². The SMILES string of the molecule is CCN(CC)CCN(C(=O)c1cnc2ccccc2n1)c1nc2c(OC)ccc(Cl)c2s1.Cl. The number of amides is 1. The van der Waals surface area contributed by atoms with Gasteiger partial charge in [0.1, 0.15) is 17.0 Å². The molecule has 1 amide bonds. The van der Waals surface area contributed by atoms with E-state index < -0.39 is 0 Å². The van der Waals surface area contributed by atoms with Gasteiger partial charge in [0.15, 0.2) is 5.13 Å². The minimum absolute atomic E-state index is 0. The van der Waals surface area contributed by atoms with Crippen LogP contribution in [-0.2, 0) is 0 Å². The average Bonchev–Trinajstić information content (AvgIpc) is 3.27. The molecule has 0 saturated heterocycles. The zero-order chi connectivity index (χ0) is 22.7. The van der Waals surface area contributed by atoms with Gasteiger partial charge in [0, 0.05) is 13.1 Å². The molecule has 0 fully saturated rings. The number of benzene rings is 2. The van der Waals surface area contributed by atoms with Gasteiger partial charge >= 0.3 is 0 Å². The molecule has 0 bridgehead atoms. The fourth-order valence-electron chi connectivity index (χ4n) is 3.49. The molecule has 2 aromatic carbocycles. The van der Waals surface area contributed by atoms with Crippen LogP contribution >= 0.6 is 35.3 Å². The van der Waals surface area contributed by atoms with Crippen LogP contribution < -0.4 is 9.64 Å². The third-order valence-corrected chi connectivity index (χ3v) is 6.88. The molecule has 0 aliphatic heterocycles. The van der Waals surface area contributed by atoms with Gasteiger partial charge in [-0.3, -0.25) is 14.7 Å². The number of aromatic nitrogens is 3. The van der Waals surface area contributed by atoms with Crippen molar-refractivity contribution in [2.24, 2.45) is 0 Å². The highest BCUT2D eigenvalue weighted by molar-refractivity contribution is 7.23. The molecule has 174 valence electrons. The molecule has 10 heteroatoms. The van der Waals surface area contributed by atoms with Crippen LogP contribution in [0.3, 0.4) is 0 Å². The lowest BCUT2D eigenvalue weighted by Gasteiger charge is -2.24. The van der Waals surface area contributed by atoms with Gasteiger partial charge in [-0.2, -0.15) is 0 Å². The molecule has 0 unspecified atom stereocenters. The number of hydrogen-bond acceptors (Lipinski definition) is 7. The zero-order valence-electron chi connectivity index (χ0n) is 18.6. The quantitative estimate of drug-likeness (QED) is 0.323. The number of carbonyl (C=O) groups is 1. The molecule has 33 heavy (non-hydrogen) atoms. The van der Waals surface area contributed by atoms with Gasteiger partial charge < -0.3 is 9.64 Å². The Balaban J connectivity index is 0.00000306. The van der Waals surface area contributed by atoms with E-state index in [2.05, 4.69) is 28.7 Å². The van der Waals surface area contributed by atoms with Crippen LogP contribution in [0.5, 0.6) is 5.75 Å². The van der Waals surface area contributed by atoms with Crippen LogP contribution in [0.2, 0.25) is 5.02 Å². The van der Waals surface area contributed by atoms with Gasteiger partial charge in [-0.05, 0) is 37.4 Å². The van der Waals surface area contributed by atoms with E-state index in [1.54, 1.807) is 24.1 Å². The first-order valence-electron chi connectivity index (χ1n) is 10.4. The summed E-state index contributed by atoms with van der Waals surface area (Å²) in [6, 6.07) is 11.1. The molecular formula is C23H25Cl2N5O2S. The zero-order valence-corrected chi connectivity index (χ0v) is 21.0. The van der Waals surface area contributed by atoms with E-state index >= 15 is 0 Å². The summed E-state index contributed by atoms with van der Waals surface area (Å²) in [5.41, 5.74) is 2.34. The minimum Gasteiger partial charge on any atom is -0.494 e. The maximum atomic E-state index is 13.6. The number of carbonyl (C=O) groups excluding carboxylic acids is 1. The summed E-state index contributed by atoms with van der Waals surface area (Å²) in [6.07, 6.45) is 1.52. The normalized spacial score (nSPS) is 11.1. The van der Waals surface area contributed by atoms with Crippen molar-refractivity contribution in [2.45, 2.75) is 13.8 Å². The fraction of sp³-hybridized carbons (Fsp3) is 0.304. The number of likely N-dealkylation sites (N-methyl/N-ethyl adjacent to an activating group) is 1. The molecule has 0 N–H and O–H groups in total. The van der Waals surface area contributed by atoms with E-state index in [1.807, 2.05) is 24.3 Å². The van der Waals surface area contributed by atoms with Crippen LogP contribution in [0.4, 0.5) is 5.13 Å². The van der Waals surface area contributed by atoms with E-state index in [0.717, 1.165) is 23.3 Å². The van der Waals surface area contributed by atoms with Crippen molar-refractivity contribution in [1.82, 2.24) is 19.9 Å². The van der Waals surface area contributed by atoms with Crippen LogP contribution in [-0.4, -0.2) is 59.0 Å². The standard InChI is InChI=1S/C23H24ClN5O2S.ClH/c1-4-28(5-2)12-13-29(22(30)18-14-25-16-8-6-7-9-17(16)26-18)23-27-20-19(31-3)11-10-15(24)21(20)32-23;/h6-11,14H,4-5,12-13H2,1-3H3;1H. The van der Waals surface area contributed by atoms with Gasteiger partial charge in [-0.15, -0.1) is 12.4 Å². The number of anilines is 1. The minimum atomic E-state index is -0.246. The molecule has 0 saturated carbocycles. The molecule has 0 spiro atoms. The maximum absolute atomic E-state index is 13.6. The summed E-state index contributed by atoms with van der Waals surface area (Å²) in [5, 5.41) is 1.13. The number of halogens is 2. The molecule has 0 aliphatic carbocycles. The summed E-state index contributed by atoms with van der Waals surface area (Å²) < 4.78 is 6.24. The number of nitrogens with zero attached hydrogens (tertiary/aromatic N) is 5. The van der Waals surface area contributed by atoms with Crippen molar-refractivity contribution < 1.29 is 9.53 Å². The second-order valence-electron chi connectivity index (χ2n) is 7.15. The number of thiazole rings is 1. The number of para-hydroxylation sites is 2. The van der Waals surface area contributed by atoms with Crippen LogP contribution in [0, 0.1) is 0 Å². The van der Waals surface area contributed by atoms with Crippen molar-refractivity contribution in [3.63, 3.8) is 0 Å². The summed E-state index contributed by atoms with van der Waals surface area (Å²) in [6.45, 7) is 7.18. The molecule has 0 atom stereocenters. The Morgan fingerprint density at radius 3 is 2.48 bits per heavy atom. The van der Waals surface area contributed by atoms with Crippen molar-refractivity contribution in [3.8, 4) is 5.75 Å². The molecule has 7 nitrogen and oxygen atoms in total. The Morgan fingerprint density at radius 1 is 1.06 bits per heavy atom. The molecule has 0 aliphatic rings. The van der Waals surface area contributed by atoms with E-state index in [-0.39, 0.29) is 24.0 Å². The summed E-state index contributed by atoms with van der Waals surface area (Å²) in [7, 11) is 1.59. The van der Waals surface area contributed by atoms with Gasteiger partial charge in [0.25, 0.3) is 5.91 Å². The lowest BCUT2D eigenvalue weighted by Crippen LogP contribution is -2.39. The molecule has 0 radical (unpaired) electrons.